The van der Waals surface area contributed by atoms with E-state index < -0.39 is 5.91 Å². The van der Waals surface area contributed by atoms with E-state index in [2.05, 4.69) is 10.5 Å². The van der Waals surface area contributed by atoms with Gasteiger partial charge in [-0.05, 0) is 19.1 Å². The lowest BCUT2D eigenvalue weighted by atomic mass is 10.0. The van der Waals surface area contributed by atoms with Crippen LogP contribution in [0.5, 0.6) is 23.0 Å². The molecule has 0 bridgehead atoms. The van der Waals surface area contributed by atoms with Gasteiger partial charge in [0.1, 0.15) is 12.4 Å². The average molecular weight is 396 g/mol. The van der Waals surface area contributed by atoms with Crippen molar-refractivity contribution in [3.63, 3.8) is 0 Å². The van der Waals surface area contributed by atoms with Gasteiger partial charge in [0.25, 0.3) is 5.91 Å². The summed E-state index contributed by atoms with van der Waals surface area (Å²) in [7, 11) is 4.53. The molecule has 0 atom stereocenters. The molecule has 0 aliphatic carbocycles. The smallest absolute Gasteiger partial charge is 0.278 e. The van der Waals surface area contributed by atoms with Gasteiger partial charge in [-0.25, -0.2) is 0 Å². The van der Waals surface area contributed by atoms with E-state index in [1.807, 2.05) is 25.1 Å². The highest BCUT2D eigenvalue weighted by atomic mass is 16.5. The van der Waals surface area contributed by atoms with Crippen LogP contribution in [0.2, 0.25) is 0 Å². The van der Waals surface area contributed by atoms with Crippen molar-refractivity contribution in [1.82, 2.24) is 5.16 Å². The number of nitrogens with one attached hydrogen (secondary N) is 1. The van der Waals surface area contributed by atoms with Crippen molar-refractivity contribution in [2.24, 2.45) is 0 Å². The number of aryl methyl sites for hydroxylation is 1. The number of carbonyl (C=O) groups is 1. The standard InChI is InChI=1S/C21H20N2O6/c1-11-5-6-15-13(7-11)19-14(10-28-15)18(23-29-19)21(24)22-12-8-16(25-2)20(27-4)17(9-12)26-3/h5-9H,10H2,1-4H3,(H,22,24). The predicted molar refractivity (Wildman–Crippen MR) is 105 cm³/mol. The van der Waals surface area contributed by atoms with Gasteiger partial charge in [-0.3, -0.25) is 4.79 Å². The number of hydrogen-bond donors (Lipinski definition) is 1. The predicted octanol–water partition coefficient (Wildman–Crippen LogP) is 3.82. The number of ether oxygens (including phenoxy) is 4. The number of aromatic nitrogens is 1. The quantitative estimate of drug-likeness (QED) is 0.701. The maximum absolute atomic E-state index is 12.9. The number of rotatable bonds is 5. The largest absolute Gasteiger partial charge is 0.493 e. The number of benzene rings is 2. The van der Waals surface area contributed by atoms with Crippen LogP contribution >= 0.6 is 0 Å². The number of amides is 1. The van der Waals surface area contributed by atoms with E-state index in [9.17, 15) is 4.79 Å². The Kier molecular flexibility index (Phi) is 4.75. The molecule has 29 heavy (non-hydrogen) atoms. The molecular formula is C21H20N2O6. The first-order valence-electron chi connectivity index (χ1n) is 8.89. The lowest BCUT2D eigenvalue weighted by Crippen LogP contribution is -2.16. The molecule has 0 unspecified atom stereocenters. The first-order chi connectivity index (χ1) is 14.0. The van der Waals surface area contributed by atoms with Crippen molar-refractivity contribution in [3.05, 3.63) is 47.2 Å². The maximum Gasteiger partial charge on any atom is 0.278 e. The van der Waals surface area contributed by atoms with Crippen LogP contribution in [0.4, 0.5) is 5.69 Å². The molecule has 1 aliphatic rings. The number of methoxy groups -OCH3 is 3. The minimum Gasteiger partial charge on any atom is -0.493 e. The molecule has 0 saturated carbocycles. The van der Waals surface area contributed by atoms with Gasteiger partial charge in [0.2, 0.25) is 5.75 Å². The van der Waals surface area contributed by atoms with Crippen molar-refractivity contribution in [3.8, 4) is 34.3 Å². The van der Waals surface area contributed by atoms with Gasteiger partial charge in [0, 0.05) is 17.8 Å². The van der Waals surface area contributed by atoms with Gasteiger partial charge in [0.05, 0.1) is 32.5 Å². The second kappa shape index (κ2) is 7.38. The fourth-order valence-electron chi connectivity index (χ4n) is 3.27. The average Bonchev–Trinajstić information content (AvgIpc) is 3.17. The Morgan fingerprint density at radius 3 is 2.45 bits per heavy atom. The fraction of sp³-hybridized carbons (Fsp3) is 0.238. The molecular weight excluding hydrogens is 376 g/mol. The van der Waals surface area contributed by atoms with E-state index in [0.717, 1.165) is 11.1 Å². The third-order valence-corrected chi connectivity index (χ3v) is 4.68. The first kappa shape index (κ1) is 18.7. The molecule has 0 radical (unpaired) electrons. The molecule has 1 N–H and O–H groups in total. The van der Waals surface area contributed by atoms with Crippen LogP contribution in [0.3, 0.4) is 0 Å². The summed E-state index contributed by atoms with van der Waals surface area (Å²) < 4.78 is 27.2. The second-order valence-corrected chi connectivity index (χ2v) is 6.50. The highest BCUT2D eigenvalue weighted by Crippen LogP contribution is 2.41. The minimum atomic E-state index is -0.427. The van der Waals surface area contributed by atoms with Crippen LogP contribution in [0.25, 0.3) is 11.3 Å². The van der Waals surface area contributed by atoms with Crippen LogP contribution in [0, 0.1) is 6.92 Å². The Morgan fingerprint density at radius 1 is 1.07 bits per heavy atom. The molecule has 0 spiro atoms. The Morgan fingerprint density at radius 2 is 1.79 bits per heavy atom. The van der Waals surface area contributed by atoms with Gasteiger partial charge >= 0.3 is 0 Å². The molecule has 2 aromatic carbocycles. The molecule has 1 aliphatic heterocycles. The highest BCUT2D eigenvalue weighted by Gasteiger charge is 2.29. The van der Waals surface area contributed by atoms with Crippen LogP contribution < -0.4 is 24.3 Å². The molecule has 150 valence electrons. The van der Waals surface area contributed by atoms with Gasteiger partial charge in [-0.2, -0.15) is 0 Å². The van der Waals surface area contributed by atoms with Gasteiger partial charge in [0.15, 0.2) is 23.0 Å². The number of carbonyl (C=O) groups excluding carboxylic acids is 1. The van der Waals surface area contributed by atoms with Crippen molar-refractivity contribution in [2.45, 2.75) is 13.5 Å². The summed E-state index contributed by atoms with van der Waals surface area (Å²) in [6.07, 6.45) is 0. The van der Waals surface area contributed by atoms with Crippen LogP contribution in [-0.2, 0) is 6.61 Å². The Balaban J connectivity index is 1.66. The van der Waals surface area contributed by atoms with Gasteiger partial charge < -0.3 is 28.8 Å². The van der Waals surface area contributed by atoms with E-state index in [-0.39, 0.29) is 12.3 Å². The zero-order valence-electron chi connectivity index (χ0n) is 16.5. The topological polar surface area (TPSA) is 92.1 Å². The maximum atomic E-state index is 12.9. The zero-order chi connectivity index (χ0) is 20.5. The summed E-state index contributed by atoms with van der Waals surface area (Å²) in [5.41, 5.74) is 3.08. The number of nitrogens with zero attached hydrogens (tertiary/aromatic N) is 1. The zero-order valence-corrected chi connectivity index (χ0v) is 16.5. The third kappa shape index (κ3) is 3.22. The fourth-order valence-corrected chi connectivity index (χ4v) is 3.27. The van der Waals surface area contributed by atoms with Crippen LogP contribution in [-0.4, -0.2) is 32.4 Å². The molecule has 8 nitrogen and oxygen atoms in total. The van der Waals surface area contributed by atoms with E-state index in [0.29, 0.717) is 40.0 Å². The van der Waals surface area contributed by atoms with Crippen LogP contribution in [0.15, 0.2) is 34.9 Å². The summed E-state index contributed by atoms with van der Waals surface area (Å²) in [6, 6.07) is 9.06. The molecule has 0 fully saturated rings. The Hall–Kier alpha value is -3.68. The minimum absolute atomic E-state index is 0.168. The van der Waals surface area contributed by atoms with Crippen LogP contribution in [0.1, 0.15) is 21.6 Å². The number of hydrogen-bond acceptors (Lipinski definition) is 7. The van der Waals surface area contributed by atoms with E-state index in [1.165, 1.54) is 21.3 Å². The van der Waals surface area contributed by atoms with E-state index >= 15 is 0 Å². The summed E-state index contributed by atoms with van der Waals surface area (Å²) in [6.45, 7) is 2.18. The highest BCUT2D eigenvalue weighted by molar-refractivity contribution is 6.05. The molecule has 3 aromatic rings. The molecule has 1 amide bonds. The SMILES string of the molecule is COc1cc(NC(=O)c2noc3c2COc2ccc(C)cc2-3)cc(OC)c1OC. The van der Waals surface area contributed by atoms with Crippen molar-refractivity contribution >= 4 is 11.6 Å². The molecule has 4 rings (SSSR count). The lowest BCUT2D eigenvalue weighted by Gasteiger charge is -2.17. The van der Waals surface area contributed by atoms with E-state index in [4.69, 9.17) is 23.5 Å². The first-order valence-corrected chi connectivity index (χ1v) is 8.89. The molecule has 0 saturated heterocycles. The summed E-state index contributed by atoms with van der Waals surface area (Å²) in [4.78, 5) is 12.9. The molecule has 2 heterocycles. The van der Waals surface area contributed by atoms with Crippen molar-refractivity contribution < 1.29 is 28.3 Å². The van der Waals surface area contributed by atoms with Crippen molar-refractivity contribution in [2.75, 3.05) is 26.6 Å². The Labute approximate surface area is 167 Å². The number of anilines is 1. The number of fused-ring (bicyclic) bond motifs is 3. The lowest BCUT2D eigenvalue weighted by molar-refractivity contribution is 0.101. The summed E-state index contributed by atoms with van der Waals surface area (Å²) >= 11 is 0. The molecule has 8 heteroatoms. The van der Waals surface area contributed by atoms with Gasteiger partial charge in [-0.15, -0.1) is 0 Å². The normalized spacial score (nSPS) is 11.7. The summed E-state index contributed by atoms with van der Waals surface area (Å²) in [5, 5.41) is 6.79. The van der Waals surface area contributed by atoms with Gasteiger partial charge in [-0.1, -0.05) is 16.8 Å². The third-order valence-electron chi connectivity index (χ3n) is 4.68. The summed E-state index contributed by atoms with van der Waals surface area (Å²) in [5.74, 6) is 2.12. The molecule has 1 aromatic heterocycles. The monoisotopic (exact) mass is 396 g/mol. The Bertz CT molecular complexity index is 1060. The van der Waals surface area contributed by atoms with E-state index in [1.54, 1.807) is 12.1 Å². The second-order valence-electron chi connectivity index (χ2n) is 6.50. The van der Waals surface area contributed by atoms with Crippen molar-refractivity contribution in [1.29, 1.82) is 0 Å².